The van der Waals surface area contributed by atoms with Gasteiger partial charge in [-0.1, -0.05) is 13.8 Å². The molecule has 0 bridgehead atoms. The number of rotatable bonds is 0. The van der Waals surface area contributed by atoms with Gasteiger partial charge in [0, 0.05) is 0 Å². The number of ether oxygens (including phenoxy) is 1. The summed E-state index contributed by atoms with van der Waals surface area (Å²) in [5.41, 5.74) is 4.47. The summed E-state index contributed by atoms with van der Waals surface area (Å²) in [6, 6.07) is 0. The van der Waals surface area contributed by atoms with Gasteiger partial charge in [0.15, 0.2) is 0 Å². The zero-order valence-electron chi connectivity index (χ0n) is 11.0. The number of hydrogen-bond acceptors (Lipinski definition) is 2. The molecule has 0 amide bonds. The van der Waals surface area contributed by atoms with Crippen LogP contribution in [0.3, 0.4) is 0 Å². The van der Waals surface area contributed by atoms with Gasteiger partial charge in [-0.2, -0.15) is 0 Å². The van der Waals surface area contributed by atoms with Crippen molar-refractivity contribution in [3.8, 4) is 0 Å². The second-order valence-corrected chi connectivity index (χ2v) is 4.33. The number of nitrogens with two attached hydrogens (primary N) is 1. The van der Waals surface area contributed by atoms with E-state index in [-0.39, 0.29) is 11.2 Å². The average Bonchev–Trinajstić information content (AvgIpc) is 1.88. The highest BCUT2D eigenvalue weighted by Crippen LogP contribution is 2.17. The molecule has 0 saturated heterocycles. The molecule has 0 fully saturated rings. The third-order valence-electron chi connectivity index (χ3n) is 0.612. The third-order valence-corrected chi connectivity index (χ3v) is 0.612. The SMILES string of the molecule is CC.CC(C)(C)OC(C)(C)C.CN. The van der Waals surface area contributed by atoms with Crippen molar-refractivity contribution in [3.05, 3.63) is 0 Å². The first-order valence-electron chi connectivity index (χ1n) is 4.99. The molecule has 0 rings (SSSR count). The van der Waals surface area contributed by atoms with E-state index in [1.54, 1.807) is 0 Å². The van der Waals surface area contributed by atoms with Crippen LogP contribution in [0.5, 0.6) is 0 Å². The van der Waals surface area contributed by atoms with Crippen LogP contribution in [0.25, 0.3) is 0 Å². The first-order chi connectivity index (χ1) is 5.71. The van der Waals surface area contributed by atoms with Gasteiger partial charge in [-0.25, -0.2) is 0 Å². The van der Waals surface area contributed by atoms with Gasteiger partial charge in [0.25, 0.3) is 0 Å². The van der Waals surface area contributed by atoms with Crippen molar-refractivity contribution in [1.29, 1.82) is 0 Å². The smallest absolute Gasteiger partial charge is 0.0605 e. The van der Waals surface area contributed by atoms with Gasteiger partial charge in [0.1, 0.15) is 0 Å². The minimum atomic E-state index is -0.0156. The van der Waals surface area contributed by atoms with Crippen molar-refractivity contribution in [3.63, 3.8) is 0 Å². The molecule has 0 aromatic heterocycles. The summed E-state index contributed by atoms with van der Waals surface area (Å²) in [6.45, 7) is 16.4. The topological polar surface area (TPSA) is 35.2 Å². The maximum absolute atomic E-state index is 5.62. The van der Waals surface area contributed by atoms with Crippen molar-refractivity contribution in [1.82, 2.24) is 0 Å². The third kappa shape index (κ3) is 33.5. The summed E-state index contributed by atoms with van der Waals surface area (Å²) in [4.78, 5) is 0. The van der Waals surface area contributed by atoms with E-state index >= 15 is 0 Å². The molecule has 0 aliphatic carbocycles. The van der Waals surface area contributed by atoms with Gasteiger partial charge >= 0.3 is 0 Å². The van der Waals surface area contributed by atoms with E-state index in [9.17, 15) is 0 Å². The minimum absolute atomic E-state index is 0.0156. The highest BCUT2D eigenvalue weighted by molar-refractivity contribution is 4.68. The summed E-state index contributed by atoms with van der Waals surface area (Å²) >= 11 is 0. The fourth-order valence-electron chi connectivity index (χ4n) is 0.919. The van der Waals surface area contributed by atoms with Crippen molar-refractivity contribution in [2.75, 3.05) is 7.05 Å². The Hall–Kier alpha value is -0.0800. The van der Waals surface area contributed by atoms with Gasteiger partial charge < -0.3 is 10.5 Å². The first-order valence-corrected chi connectivity index (χ1v) is 4.99. The van der Waals surface area contributed by atoms with Crippen LogP contribution < -0.4 is 5.73 Å². The second kappa shape index (κ2) is 8.52. The van der Waals surface area contributed by atoms with Gasteiger partial charge in [-0.15, -0.1) is 0 Å². The van der Waals surface area contributed by atoms with Crippen LogP contribution in [0.2, 0.25) is 0 Å². The molecule has 0 radical (unpaired) electrons. The van der Waals surface area contributed by atoms with E-state index in [2.05, 4.69) is 47.3 Å². The molecule has 0 heterocycles. The summed E-state index contributed by atoms with van der Waals surface area (Å²) in [5.74, 6) is 0. The lowest BCUT2D eigenvalue weighted by molar-refractivity contribution is -0.102. The molecular weight excluding hydrogens is 162 g/mol. The van der Waals surface area contributed by atoms with Crippen molar-refractivity contribution in [2.45, 2.75) is 66.6 Å². The Labute approximate surface area is 84.9 Å². The van der Waals surface area contributed by atoms with Crippen LogP contribution >= 0.6 is 0 Å². The van der Waals surface area contributed by atoms with Crippen LogP contribution in [0.15, 0.2) is 0 Å². The van der Waals surface area contributed by atoms with Gasteiger partial charge in [0.2, 0.25) is 0 Å². The zero-order valence-corrected chi connectivity index (χ0v) is 11.0. The predicted molar refractivity (Wildman–Crippen MR) is 62.1 cm³/mol. The Bertz CT molecular complexity index is 75.2. The summed E-state index contributed by atoms with van der Waals surface area (Å²) in [6.07, 6.45) is 0. The highest BCUT2D eigenvalue weighted by Gasteiger charge is 2.19. The van der Waals surface area contributed by atoms with Crippen molar-refractivity contribution < 1.29 is 4.74 Å². The monoisotopic (exact) mass is 191 g/mol. The average molecular weight is 191 g/mol. The molecular formula is C11H29NO. The first kappa shape index (κ1) is 18.7. The molecule has 0 aliphatic heterocycles. The second-order valence-electron chi connectivity index (χ2n) is 4.33. The fourth-order valence-corrected chi connectivity index (χ4v) is 0.919. The maximum atomic E-state index is 5.62. The van der Waals surface area contributed by atoms with Crippen LogP contribution in [0, 0.1) is 0 Å². The van der Waals surface area contributed by atoms with E-state index in [0.29, 0.717) is 0 Å². The van der Waals surface area contributed by atoms with E-state index in [1.165, 1.54) is 7.05 Å². The normalized spacial score (nSPS) is 10.6. The largest absolute Gasteiger partial charge is 0.370 e. The Morgan fingerprint density at radius 3 is 0.846 bits per heavy atom. The van der Waals surface area contributed by atoms with E-state index in [1.807, 2.05) is 13.8 Å². The quantitative estimate of drug-likeness (QED) is 0.638. The molecule has 0 unspecified atom stereocenters. The zero-order chi connectivity index (χ0) is 11.7. The Balaban J connectivity index is -0.000000218. The molecule has 0 saturated carbocycles. The molecule has 0 aromatic carbocycles. The summed E-state index contributed by atoms with van der Waals surface area (Å²) < 4.78 is 5.62. The Kier molecular flexibility index (Phi) is 12.2. The molecule has 0 atom stereocenters. The summed E-state index contributed by atoms with van der Waals surface area (Å²) in [5, 5.41) is 0. The van der Waals surface area contributed by atoms with Crippen molar-refractivity contribution in [2.24, 2.45) is 5.73 Å². The van der Waals surface area contributed by atoms with Crippen LogP contribution in [-0.4, -0.2) is 18.2 Å². The van der Waals surface area contributed by atoms with Crippen LogP contribution in [-0.2, 0) is 4.74 Å². The Morgan fingerprint density at radius 1 is 0.692 bits per heavy atom. The van der Waals surface area contributed by atoms with Gasteiger partial charge in [-0.05, 0) is 48.6 Å². The molecule has 2 nitrogen and oxygen atoms in total. The summed E-state index contributed by atoms with van der Waals surface area (Å²) in [7, 11) is 1.50. The van der Waals surface area contributed by atoms with Gasteiger partial charge in [0.05, 0.1) is 11.2 Å². The lowest BCUT2D eigenvalue weighted by Gasteiger charge is -2.30. The minimum Gasteiger partial charge on any atom is -0.370 e. The molecule has 2 heteroatoms. The van der Waals surface area contributed by atoms with E-state index < -0.39 is 0 Å². The highest BCUT2D eigenvalue weighted by atomic mass is 16.5. The Morgan fingerprint density at radius 2 is 0.846 bits per heavy atom. The molecule has 0 spiro atoms. The predicted octanol–water partition coefficient (Wildman–Crippen LogP) is 3.20. The standard InChI is InChI=1S/C8H18O.C2H6.CH5N/c1-7(2,3)9-8(4,5)6;2*1-2/h1-6H3;1-2H3;2H2,1H3. The maximum Gasteiger partial charge on any atom is 0.0605 e. The molecule has 0 aromatic rings. The molecule has 84 valence electrons. The van der Waals surface area contributed by atoms with E-state index in [0.717, 1.165) is 0 Å². The van der Waals surface area contributed by atoms with Crippen LogP contribution in [0.1, 0.15) is 55.4 Å². The lowest BCUT2D eigenvalue weighted by Crippen LogP contribution is -2.31. The lowest BCUT2D eigenvalue weighted by atomic mass is 10.1. The molecule has 0 aliphatic rings. The van der Waals surface area contributed by atoms with Gasteiger partial charge in [-0.3, -0.25) is 0 Å². The number of hydrogen-bond donors (Lipinski definition) is 1. The fraction of sp³-hybridized carbons (Fsp3) is 1.00. The molecule has 13 heavy (non-hydrogen) atoms. The van der Waals surface area contributed by atoms with Crippen LogP contribution in [0.4, 0.5) is 0 Å². The molecule has 2 N–H and O–H groups in total. The van der Waals surface area contributed by atoms with E-state index in [4.69, 9.17) is 4.74 Å². The van der Waals surface area contributed by atoms with Crippen molar-refractivity contribution >= 4 is 0 Å².